The fraction of sp³-hybridized carbons (Fsp3) is 0.889. The molecule has 1 aliphatic heterocycles. The van der Waals surface area contributed by atoms with Crippen molar-refractivity contribution in [3.63, 3.8) is 0 Å². The van der Waals surface area contributed by atoms with Gasteiger partial charge < -0.3 is 15.5 Å². The minimum atomic E-state index is 0.0565. The van der Waals surface area contributed by atoms with Gasteiger partial charge in [-0.15, -0.1) is 0 Å². The molecular weight excluding hydrogens is 444 g/mol. The highest BCUT2D eigenvalue weighted by atomic mass is 32.1. The Morgan fingerprint density at radius 1 is 1.06 bits per heavy atom. The van der Waals surface area contributed by atoms with Crippen LogP contribution in [0.1, 0.15) is 78.6 Å². The minimum absolute atomic E-state index is 0.0565. The zero-order valence-electron chi connectivity index (χ0n) is 22.0. The number of nitrogens with zero attached hydrogens (tertiary/aromatic N) is 2. The highest BCUT2D eigenvalue weighted by molar-refractivity contribution is 7.80. The molecule has 7 atom stereocenters. The van der Waals surface area contributed by atoms with Crippen LogP contribution in [0.2, 0.25) is 0 Å². The first-order chi connectivity index (χ1) is 16.1. The van der Waals surface area contributed by atoms with Crippen LogP contribution in [-0.4, -0.2) is 66.5 Å². The Balaban J connectivity index is 1.51. The van der Waals surface area contributed by atoms with Crippen LogP contribution in [0, 0.1) is 34.5 Å². The second kappa shape index (κ2) is 10.0. The van der Waals surface area contributed by atoms with E-state index in [0.29, 0.717) is 41.9 Å². The molecule has 1 heterocycles. The van der Waals surface area contributed by atoms with Gasteiger partial charge >= 0.3 is 0 Å². The molecule has 2 N–H and O–H groups in total. The number of hydrogen-bond donors (Lipinski definition) is 2. The van der Waals surface area contributed by atoms with E-state index in [1.54, 1.807) is 0 Å². The molecule has 7 heteroatoms. The van der Waals surface area contributed by atoms with E-state index in [-0.39, 0.29) is 28.6 Å². The maximum Gasteiger partial charge on any atom is 0.232 e. The monoisotopic (exact) mass is 490 g/mol. The third-order valence-electron chi connectivity index (χ3n) is 10.2. The van der Waals surface area contributed by atoms with Gasteiger partial charge in [-0.2, -0.15) is 0 Å². The molecule has 1 saturated heterocycles. The molecule has 6 nitrogen and oxygen atoms in total. The van der Waals surface area contributed by atoms with Crippen LogP contribution in [0.15, 0.2) is 0 Å². The smallest absolute Gasteiger partial charge is 0.232 e. The first kappa shape index (κ1) is 25.9. The topological polar surface area (TPSA) is 64.7 Å². The van der Waals surface area contributed by atoms with Crippen LogP contribution in [0.25, 0.3) is 0 Å². The van der Waals surface area contributed by atoms with Gasteiger partial charge in [0.25, 0.3) is 0 Å². The van der Waals surface area contributed by atoms with Crippen molar-refractivity contribution in [3.05, 3.63) is 0 Å². The van der Waals surface area contributed by atoms with E-state index in [4.69, 9.17) is 12.2 Å². The standard InChI is InChI=1S/C27H46N4O2S/c1-6-28-25(34)31(17-7-16-30(4)5)24(33)21-10-9-19-18-8-11-22-27(3,15-13-23(32)29-22)20(18)12-14-26(19,21)2/h18-22H,6-17H2,1-5H3,(H,28,34)(H,29,32)/t18-,19-,20-,21+,22+,26-,27+/m0/s1. The van der Waals surface area contributed by atoms with E-state index < -0.39 is 0 Å². The zero-order valence-corrected chi connectivity index (χ0v) is 22.8. The number of amides is 2. The number of thiocarbonyl (C=S) groups is 1. The lowest BCUT2D eigenvalue weighted by Crippen LogP contribution is -2.61. The molecule has 192 valence electrons. The summed E-state index contributed by atoms with van der Waals surface area (Å²) in [5, 5.41) is 7.17. The Labute approximate surface area is 212 Å². The summed E-state index contributed by atoms with van der Waals surface area (Å²) in [6.45, 7) is 9.26. The SMILES string of the molecule is CCNC(=S)N(CCCN(C)C)C(=O)[C@H]1CC[C@H]2[C@@H]3CC[C@H]4NC(=O)CC[C@]4(C)[C@H]3CC[C@]12C. The highest BCUT2D eigenvalue weighted by Crippen LogP contribution is 2.65. The Bertz CT molecular complexity index is 803. The third-order valence-corrected chi connectivity index (χ3v) is 10.6. The summed E-state index contributed by atoms with van der Waals surface area (Å²) in [5.41, 5.74) is 0.270. The normalized spacial score (nSPS) is 39.0. The van der Waals surface area contributed by atoms with Crippen molar-refractivity contribution in [3.8, 4) is 0 Å². The summed E-state index contributed by atoms with van der Waals surface area (Å²) in [4.78, 5) is 30.2. The molecule has 4 rings (SSSR count). The number of nitrogens with one attached hydrogen (secondary N) is 2. The molecule has 3 saturated carbocycles. The van der Waals surface area contributed by atoms with Crippen molar-refractivity contribution in [1.29, 1.82) is 0 Å². The fourth-order valence-corrected chi connectivity index (χ4v) is 8.73. The predicted molar refractivity (Wildman–Crippen MR) is 140 cm³/mol. The van der Waals surface area contributed by atoms with Crippen LogP contribution in [0.4, 0.5) is 0 Å². The molecule has 4 aliphatic rings. The van der Waals surface area contributed by atoms with Gasteiger partial charge in [0.15, 0.2) is 5.11 Å². The summed E-state index contributed by atoms with van der Waals surface area (Å²) in [5.74, 6) is 2.49. The number of carbonyl (C=O) groups excluding carboxylic acids is 2. The predicted octanol–water partition coefficient (Wildman–Crippen LogP) is 3.80. The molecule has 4 fully saturated rings. The van der Waals surface area contributed by atoms with Gasteiger partial charge in [-0.1, -0.05) is 13.8 Å². The number of piperidine rings is 1. The van der Waals surface area contributed by atoms with Gasteiger partial charge in [-0.3, -0.25) is 14.5 Å². The second-order valence-corrected chi connectivity index (χ2v) is 12.6. The van der Waals surface area contributed by atoms with Crippen molar-refractivity contribution >= 4 is 29.1 Å². The summed E-state index contributed by atoms with van der Waals surface area (Å²) in [6.07, 6.45) is 9.33. The van der Waals surface area contributed by atoms with Crippen molar-refractivity contribution in [2.24, 2.45) is 34.5 Å². The molecule has 2 amide bonds. The Morgan fingerprint density at radius 3 is 2.50 bits per heavy atom. The number of carbonyl (C=O) groups is 2. The maximum absolute atomic E-state index is 14.0. The van der Waals surface area contributed by atoms with Gasteiger partial charge in [-0.05, 0) is 120 Å². The quantitative estimate of drug-likeness (QED) is 0.555. The van der Waals surface area contributed by atoms with Crippen LogP contribution in [-0.2, 0) is 9.59 Å². The number of rotatable bonds is 6. The van der Waals surface area contributed by atoms with E-state index in [1.807, 2.05) is 11.8 Å². The Hall–Kier alpha value is -1.21. The van der Waals surface area contributed by atoms with E-state index in [0.717, 1.165) is 51.6 Å². The van der Waals surface area contributed by atoms with Crippen LogP contribution < -0.4 is 10.6 Å². The molecule has 0 unspecified atom stereocenters. The fourth-order valence-electron chi connectivity index (χ4n) is 8.40. The van der Waals surface area contributed by atoms with Crippen molar-refractivity contribution in [2.45, 2.75) is 84.6 Å². The molecule has 0 aromatic carbocycles. The molecule has 0 bridgehead atoms. The van der Waals surface area contributed by atoms with E-state index in [1.165, 1.54) is 12.8 Å². The van der Waals surface area contributed by atoms with Gasteiger partial charge in [-0.25, -0.2) is 0 Å². The van der Waals surface area contributed by atoms with Gasteiger partial charge in [0, 0.05) is 31.5 Å². The van der Waals surface area contributed by atoms with Crippen molar-refractivity contribution in [2.75, 3.05) is 33.7 Å². The first-order valence-corrected chi connectivity index (χ1v) is 14.1. The largest absolute Gasteiger partial charge is 0.362 e. The lowest BCUT2D eigenvalue weighted by molar-refractivity contribution is -0.145. The van der Waals surface area contributed by atoms with Gasteiger partial charge in [0.05, 0.1) is 0 Å². The highest BCUT2D eigenvalue weighted by Gasteiger charge is 2.61. The summed E-state index contributed by atoms with van der Waals surface area (Å²) < 4.78 is 0. The third kappa shape index (κ3) is 4.52. The molecule has 34 heavy (non-hydrogen) atoms. The van der Waals surface area contributed by atoms with Gasteiger partial charge in [0.2, 0.25) is 11.8 Å². The van der Waals surface area contributed by atoms with E-state index in [2.05, 4.69) is 43.5 Å². The lowest BCUT2D eigenvalue weighted by Gasteiger charge is -2.60. The molecule has 0 aromatic rings. The lowest BCUT2D eigenvalue weighted by atomic mass is 9.47. The van der Waals surface area contributed by atoms with Crippen LogP contribution in [0.3, 0.4) is 0 Å². The maximum atomic E-state index is 14.0. The summed E-state index contributed by atoms with van der Waals surface area (Å²) in [7, 11) is 4.14. The molecule has 0 spiro atoms. The van der Waals surface area contributed by atoms with Gasteiger partial charge in [0.1, 0.15) is 0 Å². The second-order valence-electron chi connectivity index (χ2n) is 12.2. The molecule has 0 aromatic heterocycles. The summed E-state index contributed by atoms with van der Waals surface area (Å²) in [6, 6.07) is 0.336. The number of hydrogen-bond acceptors (Lipinski definition) is 4. The minimum Gasteiger partial charge on any atom is -0.362 e. The Morgan fingerprint density at radius 2 is 1.79 bits per heavy atom. The molecular formula is C27H46N4O2S. The van der Waals surface area contributed by atoms with E-state index >= 15 is 0 Å². The molecule has 0 radical (unpaired) electrons. The zero-order chi connectivity index (χ0) is 24.7. The van der Waals surface area contributed by atoms with Crippen molar-refractivity contribution < 1.29 is 9.59 Å². The number of fused-ring (bicyclic) bond motifs is 5. The first-order valence-electron chi connectivity index (χ1n) is 13.6. The Kier molecular flexibility index (Phi) is 7.64. The van der Waals surface area contributed by atoms with E-state index in [9.17, 15) is 9.59 Å². The average Bonchev–Trinajstić information content (AvgIpc) is 3.14. The van der Waals surface area contributed by atoms with Crippen LogP contribution in [0.5, 0.6) is 0 Å². The average molecular weight is 491 g/mol. The van der Waals surface area contributed by atoms with Crippen molar-refractivity contribution in [1.82, 2.24) is 20.4 Å². The molecule has 3 aliphatic carbocycles. The summed E-state index contributed by atoms with van der Waals surface area (Å²) >= 11 is 5.67. The van der Waals surface area contributed by atoms with Crippen LogP contribution >= 0.6 is 12.2 Å².